The highest BCUT2D eigenvalue weighted by Gasteiger charge is 2.17. The molecule has 27 heavy (non-hydrogen) atoms. The number of esters is 1. The molecule has 0 aliphatic rings. The number of aryl methyl sites for hydroxylation is 1. The third kappa shape index (κ3) is 5.05. The summed E-state index contributed by atoms with van der Waals surface area (Å²) in [6.45, 7) is 1.37. The topological polar surface area (TPSA) is 46.6 Å². The number of benzene rings is 3. The van der Waals surface area contributed by atoms with Crippen molar-refractivity contribution in [1.82, 2.24) is 0 Å². The van der Waals surface area contributed by atoms with Crippen LogP contribution in [0.2, 0.25) is 0 Å². The SMILES string of the molecule is CC(=O)Oc1cccc(CCC(=O)N(c2ccccc2)c2ccccc2)c1. The lowest BCUT2D eigenvalue weighted by molar-refractivity contribution is -0.131. The molecule has 3 rings (SSSR count). The highest BCUT2D eigenvalue weighted by atomic mass is 16.5. The van der Waals surface area contributed by atoms with Crippen LogP contribution >= 0.6 is 0 Å². The Balaban J connectivity index is 1.77. The third-order valence-electron chi connectivity index (χ3n) is 4.07. The van der Waals surface area contributed by atoms with Gasteiger partial charge in [-0.3, -0.25) is 14.5 Å². The predicted octanol–water partition coefficient (Wildman–Crippen LogP) is 4.91. The molecule has 0 saturated heterocycles. The predicted molar refractivity (Wildman–Crippen MR) is 106 cm³/mol. The van der Waals surface area contributed by atoms with Gasteiger partial charge in [0.2, 0.25) is 5.91 Å². The Hall–Kier alpha value is -3.40. The standard InChI is InChI=1S/C23H21NO3/c1-18(25)27-22-14-8-9-19(17-22)15-16-23(26)24(20-10-4-2-5-11-20)21-12-6-3-7-13-21/h2-14,17H,15-16H2,1H3. The summed E-state index contributed by atoms with van der Waals surface area (Å²) in [5, 5.41) is 0. The fraction of sp³-hybridized carbons (Fsp3) is 0.130. The van der Waals surface area contributed by atoms with E-state index >= 15 is 0 Å². The van der Waals surface area contributed by atoms with Crippen molar-refractivity contribution in [1.29, 1.82) is 0 Å². The van der Waals surface area contributed by atoms with E-state index < -0.39 is 0 Å². The van der Waals surface area contributed by atoms with E-state index in [9.17, 15) is 9.59 Å². The Morgan fingerprint density at radius 3 is 1.96 bits per heavy atom. The van der Waals surface area contributed by atoms with E-state index in [0.29, 0.717) is 18.6 Å². The molecule has 0 heterocycles. The van der Waals surface area contributed by atoms with Crippen LogP contribution in [0, 0.1) is 0 Å². The first-order chi connectivity index (χ1) is 13.1. The second kappa shape index (κ2) is 8.81. The van der Waals surface area contributed by atoms with Crippen molar-refractivity contribution < 1.29 is 14.3 Å². The molecule has 4 nitrogen and oxygen atoms in total. The number of anilines is 2. The van der Waals surface area contributed by atoms with Gasteiger partial charge in [-0.2, -0.15) is 0 Å². The summed E-state index contributed by atoms with van der Waals surface area (Å²) in [4.78, 5) is 25.9. The zero-order valence-corrected chi connectivity index (χ0v) is 15.2. The third-order valence-corrected chi connectivity index (χ3v) is 4.07. The molecule has 0 aromatic heterocycles. The van der Waals surface area contributed by atoms with Gasteiger partial charge >= 0.3 is 5.97 Å². The zero-order valence-electron chi connectivity index (χ0n) is 15.2. The fourth-order valence-corrected chi connectivity index (χ4v) is 2.88. The molecule has 0 N–H and O–H groups in total. The van der Waals surface area contributed by atoms with E-state index in [2.05, 4.69) is 0 Å². The second-order valence-corrected chi connectivity index (χ2v) is 6.14. The van der Waals surface area contributed by atoms with Gasteiger partial charge in [-0.05, 0) is 48.4 Å². The average molecular weight is 359 g/mol. The van der Waals surface area contributed by atoms with Crippen LogP contribution in [0.1, 0.15) is 18.9 Å². The smallest absolute Gasteiger partial charge is 0.308 e. The number of carbonyl (C=O) groups is 2. The number of para-hydroxylation sites is 2. The molecule has 136 valence electrons. The molecule has 0 radical (unpaired) electrons. The molecule has 4 heteroatoms. The molecule has 0 aliphatic heterocycles. The number of amides is 1. The minimum atomic E-state index is -0.359. The summed E-state index contributed by atoms with van der Waals surface area (Å²) in [6, 6.07) is 26.5. The molecule has 0 aliphatic carbocycles. The number of nitrogens with zero attached hydrogens (tertiary/aromatic N) is 1. The number of carbonyl (C=O) groups excluding carboxylic acids is 2. The molecule has 0 saturated carbocycles. The number of rotatable bonds is 6. The van der Waals surface area contributed by atoms with Gasteiger partial charge in [-0.25, -0.2) is 0 Å². The van der Waals surface area contributed by atoms with E-state index in [-0.39, 0.29) is 11.9 Å². The van der Waals surface area contributed by atoms with Gasteiger partial charge in [0.25, 0.3) is 0 Å². The lowest BCUT2D eigenvalue weighted by Crippen LogP contribution is -2.26. The van der Waals surface area contributed by atoms with Crippen molar-refractivity contribution in [2.24, 2.45) is 0 Å². The Morgan fingerprint density at radius 2 is 1.41 bits per heavy atom. The second-order valence-electron chi connectivity index (χ2n) is 6.14. The van der Waals surface area contributed by atoms with Crippen LogP contribution in [-0.2, 0) is 16.0 Å². The van der Waals surface area contributed by atoms with Gasteiger partial charge in [-0.15, -0.1) is 0 Å². The zero-order chi connectivity index (χ0) is 19.1. The van der Waals surface area contributed by atoms with Gasteiger partial charge in [0.1, 0.15) is 5.75 Å². The van der Waals surface area contributed by atoms with Crippen LogP contribution in [-0.4, -0.2) is 11.9 Å². The Bertz CT molecular complexity index is 868. The van der Waals surface area contributed by atoms with Crippen LogP contribution in [0.15, 0.2) is 84.9 Å². The van der Waals surface area contributed by atoms with Gasteiger partial charge in [-0.1, -0.05) is 48.5 Å². The molecule has 0 fully saturated rings. The molecule has 0 atom stereocenters. The van der Waals surface area contributed by atoms with E-state index in [1.807, 2.05) is 72.8 Å². The number of hydrogen-bond donors (Lipinski definition) is 0. The summed E-state index contributed by atoms with van der Waals surface area (Å²) >= 11 is 0. The van der Waals surface area contributed by atoms with Gasteiger partial charge in [0.15, 0.2) is 0 Å². The van der Waals surface area contributed by atoms with Crippen LogP contribution in [0.5, 0.6) is 5.75 Å². The lowest BCUT2D eigenvalue weighted by atomic mass is 10.1. The maximum absolute atomic E-state index is 13.0. The van der Waals surface area contributed by atoms with Crippen molar-refractivity contribution in [2.75, 3.05) is 4.90 Å². The Kier molecular flexibility index (Phi) is 6.00. The number of ether oxygens (including phenoxy) is 1. The summed E-state index contributed by atoms with van der Waals surface area (Å²) in [7, 11) is 0. The monoisotopic (exact) mass is 359 g/mol. The molecular weight excluding hydrogens is 338 g/mol. The van der Waals surface area contributed by atoms with Crippen molar-refractivity contribution in [3.05, 3.63) is 90.5 Å². The molecule has 0 bridgehead atoms. The van der Waals surface area contributed by atoms with E-state index in [1.165, 1.54) is 6.92 Å². The first kappa shape index (κ1) is 18.4. The highest BCUT2D eigenvalue weighted by molar-refractivity contribution is 6.00. The van der Waals surface area contributed by atoms with E-state index in [0.717, 1.165) is 16.9 Å². The largest absolute Gasteiger partial charge is 0.427 e. The van der Waals surface area contributed by atoms with Crippen LogP contribution in [0.3, 0.4) is 0 Å². The first-order valence-electron chi connectivity index (χ1n) is 8.84. The van der Waals surface area contributed by atoms with Gasteiger partial charge in [0, 0.05) is 24.7 Å². The van der Waals surface area contributed by atoms with Crippen LogP contribution in [0.4, 0.5) is 11.4 Å². The number of hydrogen-bond acceptors (Lipinski definition) is 3. The van der Waals surface area contributed by atoms with E-state index in [1.54, 1.807) is 17.0 Å². The summed E-state index contributed by atoms with van der Waals surface area (Å²) in [5.74, 6) is 0.142. The summed E-state index contributed by atoms with van der Waals surface area (Å²) in [5.41, 5.74) is 2.62. The normalized spacial score (nSPS) is 10.3. The van der Waals surface area contributed by atoms with Gasteiger partial charge in [0.05, 0.1) is 0 Å². The minimum absolute atomic E-state index is 0.00490. The van der Waals surface area contributed by atoms with Crippen molar-refractivity contribution in [3.63, 3.8) is 0 Å². The summed E-state index contributed by atoms with van der Waals surface area (Å²) < 4.78 is 5.11. The fourth-order valence-electron chi connectivity index (χ4n) is 2.88. The quantitative estimate of drug-likeness (QED) is 0.464. The molecule has 0 spiro atoms. The first-order valence-corrected chi connectivity index (χ1v) is 8.84. The lowest BCUT2D eigenvalue weighted by Gasteiger charge is -2.23. The minimum Gasteiger partial charge on any atom is -0.427 e. The summed E-state index contributed by atoms with van der Waals surface area (Å²) in [6.07, 6.45) is 0.900. The maximum Gasteiger partial charge on any atom is 0.308 e. The average Bonchev–Trinajstić information content (AvgIpc) is 2.68. The Labute approximate surface area is 159 Å². The molecule has 1 amide bonds. The van der Waals surface area contributed by atoms with Crippen molar-refractivity contribution in [3.8, 4) is 5.75 Å². The van der Waals surface area contributed by atoms with Gasteiger partial charge < -0.3 is 4.74 Å². The van der Waals surface area contributed by atoms with E-state index in [4.69, 9.17) is 4.74 Å². The van der Waals surface area contributed by atoms with Crippen LogP contribution < -0.4 is 9.64 Å². The van der Waals surface area contributed by atoms with Crippen LogP contribution in [0.25, 0.3) is 0 Å². The molecule has 3 aromatic carbocycles. The van der Waals surface area contributed by atoms with Crippen molar-refractivity contribution in [2.45, 2.75) is 19.8 Å². The molecular formula is C23H21NO3. The molecule has 0 unspecified atom stereocenters. The highest BCUT2D eigenvalue weighted by Crippen LogP contribution is 2.26. The van der Waals surface area contributed by atoms with Crippen molar-refractivity contribution >= 4 is 23.3 Å². The maximum atomic E-state index is 13.0. The molecule has 3 aromatic rings. The Morgan fingerprint density at radius 1 is 0.815 bits per heavy atom.